The second kappa shape index (κ2) is 5.98. The molecule has 0 aromatic heterocycles. The maximum absolute atomic E-state index is 14.0. The Morgan fingerprint density at radius 1 is 1.11 bits per heavy atom. The van der Waals surface area contributed by atoms with Gasteiger partial charge in [-0.25, -0.2) is 4.39 Å². The first-order chi connectivity index (χ1) is 9.15. The lowest BCUT2D eigenvalue weighted by Crippen LogP contribution is -1.97. The van der Waals surface area contributed by atoms with Crippen LogP contribution in [0.2, 0.25) is 0 Å². The van der Waals surface area contributed by atoms with Gasteiger partial charge >= 0.3 is 0 Å². The standard InChI is InChI=1S/C17H20FN/c1-3-12(2)14-5-7-15(8-6-14)16-9-4-13(11-19)10-17(16)18/h4-10,12H,3,11,19H2,1-2H3. The van der Waals surface area contributed by atoms with Gasteiger partial charge in [0.05, 0.1) is 0 Å². The van der Waals surface area contributed by atoms with Crippen LogP contribution >= 0.6 is 0 Å². The highest BCUT2D eigenvalue weighted by molar-refractivity contribution is 5.64. The van der Waals surface area contributed by atoms with Gasteiger partial charge in [0.2, 0.25) is 0 Å². The fraction of sp³-hybridized carbons (Fsp3) is 0.294. The second-order valence-electron chi connectivity index (χ2n) is 4.95. The summed E-state index contributed by atoms with van der Waals surface area (Å²) < 4.78 is 14.0. The average Bonchev–Trinajstić information content (AvgIpc) is 2.46. The number of hydrogen-bond donors (Lipinski definition) is 1. The van der Waals surface area contributed by atoms with Crippen LogP contribution in [0.25, 0.3) is 11.1 Å². The molecule has 1 unspecified atom stereocenters. The van der Waals surface area contributed by atoms with Crippen LogP contribution < -0.4 is 5.73 Å². The van der Waals surface area contributed by atoms with Crippen molar-refractivity contribution in [2.24, 2.45) is 5.73 Å². The lowest BCUT2D eigenvalue weighted by molar-refractivity contribution is 0.629. The maximum Gasteiger partial charge on any atom is 0.131 e. The Labute approximate surface area is 114 Å². The molecule has 0 heterocycles. The molecule has 0 aliphatic heterocycles. The van der Waals surface area contributed by atoms with Crippen LogP contribution in [0.4, 0.5) is 4.39 Å². The molecule has 0 spiro atoms. The summed E-state index contributed by atoms with van der Waals surface area (Å²) in [6.45, 7) is 4.74. The van der Waals surface area contributed by atoms with Crippen molar-refractivity contribution in [2.75, 3.05) is 0 Å². The lowest BCUT2D eigenvalue weighted by Gasteiger charge is -2.10. The van der Waals surface area contributed by atoms with Gasteiger partial charge in [-0.3, -0.25) is 0 Å². The molecule has 100 valence electrons. The first-order valence-electron chi connectivity index (χ1n) is 6.74. The minimum atomic E-state index is -0.209. The predicted octanol–water partition coefficient (Wildman–Crippen LogP) is 4.46. The fourth-order valence-corrected chi connectivity index (χ4v) is 2.15. The molecule has 2 aromatic rings. The Morgan fingerprint density at radius 2 is 1.79 bits per heavy atom. The summed E-state index contributed by atoms with van der Waals surface area (Å²) in [5.74, 6) is 0.331. The highest BCUT2D eigenvalue weighted by Gasteiger charge is 2.07. The molecule has 1 atom stereocenters. The van der Waals surface area contributed by atoms with E-state index in [1.54, 1.807) is 6.07 Å². The van der Waals surface area contributed by atoms with Crippen molar-refractivity contribution in [2.45, 2.75) is 32.7 Å². The fourth-order valence-electron chi connectivity index (χ4n) is 2.15. The third-order valence-corrected chi connectivity index (χ3v) is 3.67. The second-order valence-corrected chi connectivity index (χ2v) is 4.95. The normalized spacial score (nSPS) is 12.4. The number of halogens is 1. The first kappa shape index (κ1) is 13.8. The molecule has 2 rings (SSSR count). The van der Waals surface area contributed by atoms with Crippen LogP contribution in [0.1, 0.15) is 37.3 Å². The van der Waals surface area contributed by atoms with Crippen LogP contribution in [-0.2, 0) is 6.54 Å². The number of benzene rings is 2. The summed E-state index contributed by atoms with van der Waals surface area (Å²) >= 11 is 0. The lowest BCUT2D eigenvalue weighted by atomic mass is 9.95. The van der Waals surface area contributed by atoms with Crippen molar-refractivity contribution in [1.29, 1.82) is 0 Å². The van der Waals surface area contributed by atoms with Crippen molar-refractivity contribution >= 4 is 0 Å². The van der Waals surface area contributed by atoms with Gasteiger partial charge in [0.25, 0.3) is 0 Å². The molecule has 0 aliphatic rings. The van der Waals surface area contributed by atoms with Gasteiger partial charge in [-0.15, -0.1) is 0 Å². The zero-order chi connectivity index (χ0) is 13.8. The number of hydrogen-bond acceptors (Lipinski definition) is 1. The van der Waals surface area contributed by atoms with Crippen molar-refractivity contribution < 1.29 is 4.39 Å². The quantitative estimate of drug-likeness (QED) is 0.859. The molecular weight excluding hydrogens is 237 g/mol. The van der Waals surface area contributed by atoms with Crippen LogP contribution in [0.5, 0.6) is 0 Å². The van der Waals surface area contributed by atoms with Crippen LogP contribution in [0.3, 0.4) is 0 Å². The highest BCUT2D eigenvalue weighted by Crippen LogP contribution is 2.26. The zero-order valence-corrected chi connectivity index (χ0v) is 11.5. The molecule has 1 nitrogen and oxygen atoms in total. The number of nitrogens with two attached hydrogens (primary N) is 1. The van der Waals surface area contributed by atoms with E-state index in [0.29, 0.717) is 18.0 Å². The Kier molecular flexibility index (Phi) is 4.33. The third kappa shape index (κ3) is 3.02. The highest BCUT2D eigenvalue weighted by atomic mass is 19.1. The van der Waals surface area contributed by atoms with Gasteiger partial charge in [0, 0.05) is 12.1 Å². The van der Waals surface area contributed by atoms with E-state index in [0.717, 1.165) is 17.5 Å². The van der Waals surface area contributed by atoms with Crippen LogP contribution in [0, 0.1) is 5.82 Å². The van der Waals surface area contributed by atoms with Gasteiger partial charge < -0.3 is 5.73 Å². The van der Waals surface area contributed by atoms with E-state index in [1.807, 2.05) is 18.2 Å². The monoisotopic (exact) mass is 257 g/mol. The molecule has 2 aromatic carbocycles. The summed E-state index contributed by atoms with van der Waals surface area (Å²) in [5, 5.41) is 0. The molecule has 0 radical (unpaired) electrons. The minimum absolute atomic E-state index is 0.209. The van der Waals surface area contributed by atoms with Gasteiger partial charge in [-0.1, -0.05) is 50.2 Å². The zero-order valence-electron chi connectivity index (χ0n) is 11.5. The van der Waals surface area contributed by atoms with E-state index < -0.39 is 0 Å². The van der Waals surface area contributed by atoms with Crippen LogP contribution in [-0.4, -0.2) is 0 Å². The van der Waals surface area contributed by atoms with Gasteiger partial charge in [-0.05, 0) is 35.1 Å². The molecule has 0 bridgehead atoms. The van der Waals surface area contributed by atoms with Gasteiger partial charge in [0.15, 0.2) is 0 Å². The molecule has 2 heteroatoms. The Morgan fingerprint density at radius 3 is 2.32 bits per heavy atom. The molecule has 0 aliphatic carbocycles. The van der Waals surface area contributed by atoms with Gasteiger partial charge in [0.1, 0.15) is 5.82 Å². The van der Waals surface area contributed by atoms with E-state index in [2.05, 4.69) is 26.0 Å². The Balaban J connectivity index is 2.32. The van der Waals surface area contributed by atoms with E-state index in [-0.39, 0.29) is 5.82 Å². The SMILES string of the molecule is CCC(C)c1ccc(-c2ccc(CN)cc2F)cc1. The summed E-state index contributed by atoms with van der Waals surface area (Å²) in [7, 11) is 0. The summed E-state index contributed by atoms with van der Waals surface area (Å²) in [5.41, 5.74) is 9.17. The van der Waals surface area contributed by atoms with Crippen molar-refractivity contribution in [3.8, 4) is 11.1 Å². The average molecular weight is 257 g/mol. The molecule has 19 heavy (non-hydrogen) atoms. The van der Waals surface area contributed by atoms with E-state index in [1.165, 1.54) is 11.6 Å². The summed E-state index contributed by atoms with van der Waals surface area (Å²) in [6.07, 6.45) is 1.11. The Hall–Kier alpha value is -1.67. The minimum Gasteiger partial charge on any atom is -0.326 e. The maximum atomic E-state index is 14.0. The van der Waals surface area contributed by atoms with E-state index in [9.17, 15) is 4.39 Å². The number of rotatable bonds is 4. The summed E-state index contributed by atoms with van der Waals surface area (Å²) in [4.78, 5) is 0. The molecule has 0 saturated heterocycles. The van der Waals surface area contributed by atoms with E-state index in [4.69, 9.17) is 5.73 Å². The topological polar surface area (TPSA) is 26.0 Å². The Bertz CT molecular complexity index is 546. The largest absolute Gasteiger partial charge is 0.326 e. The molecule has 0 fully saturated rings. The van der Waals surface area contributed by atoms with Crippen molar-refractivity contribution in [3.63, 3.8) is 0 Å². The molecular formula is C17H20FN. The third-order valence-electron chi connectivity index (χ3n) is 3.67. The van der Waals surface area contributed by atoms with Crippen LogP contribution in [0.15, 0.2) is 42.5 Å². The molecule has 2 N–H and O–H groups in total. The predicted molar refractivity (Wildman–Crippen MR) is 78.4 cm³/mol. The van der Waals surface area contributed by atoms with Gasteiger partial charge in [-0.2, -0.15) is 0 Å². The van der Waals surface area contributed by atoms with E-state index >= 15 is 0 Å². The van der Waals surface area contributed by atoms with Crippen molar-refractivity contribution in [1.82, 2.24) is 0 Å². The van der Waals surface area contributed by atoms with Crippen molar-refractivity contribution in [3.05, 3.63) is 59.4 Å². The molecule has 0 saturated carbocycles. The molecule has 0 amide bonds. The smallest absolute Gasteiger partial charge is 0.131 e. The summed E-state index contributed by atoms with van der Waals surface area (Å²) in [6, 6.07) is 13.3. The first-order valence-corrected chi connectivity index (χ1v) is 6.74.